The van der Waals surface area contributed by atoms with Crippen molar-refractivity contribution in [2.45, 2.75) is 0 Å². The molecule has 0 unspecified atom stereocenters. The second kappa shape index (κ2) is 8.19. The number of hydrogen-bond donors (Lipinski definition) is 0. The Morgan fingerprint density at radius 2 is 1.64 bits per heavy atom. The maximum absolute atomic E-state index is 6.24. The predicted molar refractivity (Wildman–Crippen MR) is 118 cm³/mol. The molecule has 3 aromatic carbocycles. The lowest BCUT2D eigenvalue weighted by atomic mass is 10.2. The number of aliphatic imine (C=N–C) groups is 1. The third-order valence-electron chi connectivity index (χ3n) is 4.00. The van der Waals surface area contributed by atoms with Gasteiger partial charge in [0.15, 0.2) is 5.58 Å². The molecule has 0 radical (unpaired) electrons. The van der Waals surface area contributed by atoms with E-state index in [0.29, 0.717) is 37.6 Å². The molecule has 3 nitrogen and oxygen atoms in total. The predicted octanol–water partition coefficient (Wildman–Crippen LogP) is 7.87. The highest BCUT2D eigenvalue weighted by molar-refractivity contribution is 6.35. The van der Waals surface area contributed by atoms with E-state index < -0.39 is 0 Å². The van der Waals surface area contributed by atoms with Crippen molar-refractivity contribution in [3.05, 3.63) is 87.4 Å². The minimum atomic E-state index is 0.422. The lowest BCUT2D eigenvalue weighted by Gasteiger charge is -1.99. The second-order valence-electron chi connectivity index (χ2n) is 5.98. The van der Waals surface area contributed by atoms with Gasteiger partial charge in [0.05, 0.1) is 16.3 Å². The maximum atomic E-state index is 6.24. The van der Waals surface area contributed by atoms with Crippen LogP contribution in [0.4, 0.5) is 5.69 Å². The van der Waals surface area contributed by atoms with E-state index in [1.165, 1.54) is 0 Å². The molecule has 6 heteroatoms. The van der Waals surface area contributed by atoms with Gasteiger partial charge >= 0.3 is 0 Å². The number of allylic oxidation sites excluding steroid dienone is 1. The first-order valence-electron chi connectivity index (χ1n) is 8.41. The second-order valence-corrected chi connectivity index (χ2v) is 7.26. The molecule has 0 aliphatic carbocycles. The van der Waals surface area contributed by atoms with Gasteiger partial charge in [-0.15, -0.1) is 0 Å². The van der Waals surface area contributed by atoms with Gasteiger partial charge in [0.25, 0.3) is 0 Å². The van der Waals surface area contributed by atoms with Gasteiger partial charge in [-0.25, -0.2) is 4.98 Å². The minimum Gasteiger partial charge on any atom is -0.436 e. The number of fused-ring (bicyclic) bond motifs is 1. The Balaban J connectivity index is 1.56. The number of halogens is 3. The lowest BCUT2D eigenvalue weighted by Crippen LogP contribution is -1.79. The molecule has 4 rings (SSSR count). The van der Waals surface area contributed by atoms with E-state index in [1.54, 1.807) is 24.4 Å². The largest absolute Gasteiger partial charge is 0.436 e. The van der Waals surface area contributed by atoms with E-state index in [2.05, 4.69) is 9.98 Å². The summed E-state index contributed by atoms with van der Waals surface area (Å²) < 4.78 is 5.81. The Morgan fingerprint density at radius 1 is 0.857 bits per heavy atom. The average molecular weight is 428 g/mol. The standard InChI is InChI=1S/C22H13Cl3N2O/c23-15-5-3-14(4-6-15)2-1-11-26-17-8-10-21-20(13-17)27-22(28-21)18-12-16(24)7-9-19(18)25/h1-13H/b2-1+,26-11?. The fourth-order valence-corrected chi connectivity index (χ4v) is 3.13. The molecule has 1 aromatic heterocycles. The van der Waals surface area contributed by atoms with Gasteiger partial charge in [-0.3, -0.25) is 4.99 Å². The number of hydrogen-bond acceptors (Lipinski definition) is 3. The molecule has 0 atom stereocenters. The van der Waals surface area contributed by atoms with Gasteiger partial charge in [-0.1, -0.05) is 53.0 Å². The summed E-state index contributed by atoms with van der Waals surface area (Å²) in [5.74, 6) is 0.422. The van der Waals surface area contributed by atoms with Crippen molar-refractivity contribution in [3.63, 3.8) is 0 Å². The average Bonchev–Trinajstić information content (AvgIpc) is 3.11. The summed E-state index contributed by atoms with van der Waals surface area (Å²) in [5, 5.41) is 1.81. The SMILES string of the molecule is Clc1ccc(/C=C/C=Nc2ccc3oc(-c4cc(Cl)ccc4Cl)nc3c2)cc1. The number of aromatic nitrogens is 1. The van der Waals surface area contributed by atoms with Gasteiger partial charge in [0.1, 0.15) is 5.52 Å². The summed E-state index contributed by atoms with van der Waals surface area (Å²) in [6.07, 6.45) is 5.55. The summed E-state index contributed by atoms with van der Waals surface area (Å²) in [7, 11) is 0. The van der Waals surface area contributed by atoms with Crippen LogP contribution in [0, 0.1) is 0 Å². The van der Waals surface area contributed by atoms with Crippen molar-refractivity contribution in [3.8, 4) is 11.5 Å². The Kier molecular flexibility index (Phi) is 5.49. The van der Waals surface area contributed by atoms with E-state index in [0.717, 1.165) is 11.3 Å². The Hall–Kier alpha value is -2.59. The van der Waals surface area contributed by atoms with Crippen molar-refractivity contribution in [2.24, 2.45) is 4.99 Å². The van der Waals surface area contributed by atoms with Crippen LogP contribution in [0.15, 0.2) is 76.1 Å². The third-order valence-corrected chi connectivity index (χ3v) is 4.81. The van der Waals surface area contributed by atoms with Crippen LogP contribution in [0.2, 0.25) is 15.1 Å². The minimum absolute atomic E-state index is 0.422. The molecule has 0 aliphatic rings. The molecular formula is C22H13Cl3N2O. The lowest BCUT2D eigenvalue weighted by molar-refractivity contribution is 0.620. The van der Waals surface area contributed by atoms with Gasteiger partial charge in [-0.05, 0) is 60.2 Å². The van der Waals surface area contributed by atoms with Crippen LogP contribution in [0.1, 0.15) is 5.56 Å². The highest BCUT2D eigenvalue weighted by atomic mass is 35.5. The maximum Gasteiger partial charge on any atom is 0.228 e. The van der Waals surface area contributed by atoms with E-state index in [1.807, 2.05) is 54.6 Å². The quantitative estimate of drug-likeness (QED) is 0.311. The van der Waals surface area contributed by atoms with Gasteiger partial charge in [-0.2, -0.15) is 0 Å². The zero-order chi connectivity index (χ0) is 19.5. The molecule has 28 heavy (non-hydrogen) atoms. The van der Waals surface area contributed by atoms with Crippen LogP contribution in [0.25, 0.3) is 28.6 Å². The van der Waals surface area contributed by atoms with Crippen molar-refractivity contribution in [1.82, 2.24) is 4.98 Å². The smallest absolute Gasteiger partial charge is 0.228 e. The van der Waals surface area contributed by atoms with Crippen LogP contribution in [0.3, 0.4) is 0 Å². The van der Waals surface area contributed by atoms with Crippen LogP contribution in [0.5, 0.6) is 0 Å². The van der Waals surface area contributed by atoms with Crippen molar-refractivity contribution in [1.29, 1.82) is 0 Å². The van der Waals surface area contributed by atoms with E-state index in [9.17, 15) is 0 Å². The topological polar surface area (TPSA) is 38.4 Å². The molecule has 0 saturated carbocycles. The highest BCUT2D eigenvalue weighted by Gasteiger charge is 2.12. The first kappa shape index (κ1) is 18.8. The van der Waals surface area contributed by atoms with Crippen LogP contribution in [-0.2, 0) is 0 Å². The van der Waals surface area contributed by atoms with Gasteiger partial charge in [0.2, 0.25) is 5.89 Å². The number of benzene rings is 3. The summed E-state index contributed by atoms with van der Waals surface area (Å²) in [6.45, 7) is 0. The van der Waals surface area contributed by atoms with Crippen LogP contribution >= 0.6 is 34.8 Å². The zero-order valence-electron chi connectivity index (χ0n) is 14.4. The molecule has 0 spiro atoms. The zero-order valence-corrected chi connectivity index (χ0v) is 16.7. The molecule has 0 aliphatic heterocycles. The van der Waals surface area contributed by atoms with Crippen LogP contribution in [-0.4, -0.2) is 11.2 Å². The third kappa shape index (κ3) is 4.28. The van der Waals surface area contributed by atoms with E-state index in [-0.39, 0.29) is 0 Å². The molecule has 0 saturated heterocycles. The van der Waals surface area contributed by atoms with Crippen molar-refractivity contribution in [2.75, 3.05) is 0 Å². The molecule has 0 amide bonds. The first-order chi connectivity index (χ1) is 13.6. The fourth-order valence-electron chi connectivity index (χ4n) is 2.63. The van der Waals surface area contributed by atoms with Crippen molar-refractivity contribution >= 4 is 63.9 Å². The number of nitrogens with zero attached hydrogens (tertiary/aromatic N) is 2. The summed E-state index contributed by atoms with van der Waals surface area (Å²) in [5.41, 5.74) is 3.82. The van der Waals surface area contributed by atoms with E-state index in [4.69, 9.17) is 39.2 Å². The number of rotatable bonds is 4. The Bertz CT molecular complexity index is 1190. The highest BCUT2D eigenvalue weighted by Crippen LogP contribution is 2.33. The molecule has 1 heterocycles. The molecular weight excluding hydrogens is 415 g/mol. The molecule has 138 valence electrons. The molecule has 0 fully saturated rings. The Morgan fingerprint density at radius 3 is 2.46 bits per heavy atom. The normalized spacial score (nSPS) is 11.8. The van der Waals surface area contributed by atoms with Gasteiger partial charge in [0, 0.05) is 16.3 Å². The molecule has 0 N–H and O–H groups in total. The van der Waals surface area contributed by atoms with E-state index >= 15 is 0 Å². The number of oxazole rings is 1. The molecule has 0 bridgehead atoms. The summed E-state index contributed by atoms with van der Waals surface area (Å²) in [4.78, 5) is 8.95. The van der Waals surface area contributed by atoms with Crippen molar-refractivity contribution < 1.29 is 4.42 Å². The summed E-state index contributed by atoms with van der Waals surface area (Å²) in [6, 6.07) is 18.3. The first-order valence-corrected chi connectivity index (χ1v) is 9.54. The monoisotopic (exact) mass is 426 g/mol. The molecule has 4 aromatic rings. The van der Waals surface area contributed by atoms with Gasteiger partial charge < -0.3 is 4.42 Å². The Labute approximate surface area is 176 Å². The summed E-state index contributed by atoms with van der Waals surface area (Å²) >= 11 is 18.2. The van der Waals surface area contributed by atoms with Crippen LogP contribution < -0.4 is 0 Å². The fraction of sp³-hybridized carbons (Fsp3) is 0.